The Kier molecular flexibility index (Phi) is 8.50. The molecule has 0 saturated heterocycles. The molecule has 0 saturated carbocycles. The van der Waals surface area contributed by atoms with Crippen LogP contribution in [0.2, 0.25) is 0 Å². The van der Waals surface area contributed by atoms with Gasteiger partial charge in [0, 0.05) is 39.3 Å². The predicted molar refractivity (Wildman–Crippen MR) is 98.9 cm³/mol. The second-order valence-corrected chi connectivity index (χ2v) is 5.81. The number of benzene rings is 1. The van der Waals surface area contributed by atoms with E-state index in [9.17, 15) is 9.59 Å². The van der Waals surface area contributed by atoms with Crippen molar-refractivity contribution in [3.8, 4) is 0 Å². The number of hydrogen-bond donors (Lipinski definition) is 1. The maximum Gasteiger partial charge on any atom is 0.238 e. The Morgan fingerprint density at radius 2 is 1.83 bits per heavy atom. The topological polar surface area (TPSA) is 52.7 Å². The molecule has 130 valence electrons. The molecule has 0 bridgehead atoms. The third kappa shape index (κ3) is 7.24. The van der Waals surface area contributed by atoms with Crippen LogP contribution >= 0.6 is 0 Å². The maximum absolute atomic E-state index is 12.2. The summed E-state index contributed by atoms with van der Waals surface area (Å²) in [5, 5.41) is 2.90. The number of amides is 2. The van der Waals surface area contributed by atoms with E-state index in [1.165, 1.54) is 0 Å². The summed E-state index contributed by atoms with van der Waals surface area (Å²) in [6.45, 7) is 8.93. The Hall–Kier alpha value is -2.40. The van der Waals surface area contributed by atoms with Gasteiger partial charge >= 0.3 is 0 Å². The first kappa shape index (κ1) is 19.6. The fourth-order valence-electron chi connectivity index (χ4n) is 2.25. The molecular weight excluding hydrogens is 302 g/mol. The van der Waals surface area contributed by atoms with Crippen LogP contribution in [-0.2, 0) is 16.0 Å². The van der Waals surface area contributed by atoms with Crippen molar-refractivity contribution < 1.29 is 9.59 Å². The van der Waals surface area contributed by atoms with E-state index in [1.54, 1.807) is 31.1 Å². The van der Waals surface area contributed by atoms with Crippen LogP contribution in [0.1, 0.15) is 12.0 Å². The predicted octanol–water partition coefficient (Wildman–Crippen LogP) is 2.32. The van der Waals surface area contributed by atoms with Crippen LogP contribution < -0.4 is 5.32 Å². The molecule has 24 heavy (non-hydrogen) atoms. The van der Waals surface area contributed by atoms with Crippen LogP contribution in [0.3, 0.4) is 0 Å². The smallest absolute Gasteiger partial charge is 0.238 e. The molecule has 0 spiro atoms. The summed E-state index contributed by atoms with van der Waals surface area (Å²) in [6, 6.07) is 7.60. The van der Waals surface area contributed by atoms with Crippen LogP contribution in [0.4, 0.5) is 5.69 Å². The SMILES string of the molecule is C=CCN(CC=C)CC(=O)Nc1cccc(CCC(=O)N(C)C)c1. The van der Waals surface area contributed by atoms with Crippen molar-refractivity contribution in [2.45, 2.75) is 12.8 Å². The molecular formula is C19H27N3O2. The van der Waals surface area contributed by atoms with E-state index in [0.29, 0.717) is 25.9 Å². The van der Waals surface area contributed by atoms with E-state index in [1.807, 2.05) is 29.2 Å². The van der Waals surface area contributed by atoms with Crippen molar-refractivity contribution in [1.29, 1.82) is 0 Å². The number of hydrogen-bond acceptors (Lipinski definition) is 3. The molecule has 1 aromatic carbocycles. The molecule has 1 rings (SSSR count). The van der Waals surface area contributed by atoms with Gasteiger partial charge in [-0.1, -0.05) is 24.3 Å². The molecule has 0 aliphatic rings. The standard InChI is InChI=1S/C19H27N3O2/c1-5-12-22(13-6-2)15-18(23)20-17-9-7-8-16(14-17)10-11-19(24)21(3)4/h5-9,14H,1-2,10-13,15H2,3-4H3,(H,20,23). The van der Waals surface area contributed by atoms with Crippen LogP contribution in [0.15, 0.2) is 49.6 Å². The van der Waals surface area contributed by atoms with Gasteiger partial charge in [-0.2, -0.15) is 0 Å². The summed E-state index contributed by atoms with van der Waals surface area (Å²) in [5.74, 6) is 0.00847. The van der Waals surface area contributed by atoms with E-state index in [0.717, 1.165) is 11.3 Å². The first-order valence-corrected chi connectivity index (χ1v) is 7.99. The third-order valence-corrected chi connectivity index (χ3v) is 3.48. The monoisotopic (exact) mass is 329 g/mol. The summed E-state index contributed by atoms with van der Waals surface area (Å²) in [5.41, 5.74) is 1.77. The number of carbonyl (C=O) groups excluding carboxylic acids is 2. The minimum Gasteiger partial charge on any atom is -0.349 e. The van der Waals surface area contributed by atoms with Crippen LogP contribution in [0.5, 0.6) is 0 Å². The second-order valence-electron chi connectivity index (χ2n) is 5.81. The van der Waals surface area contributed by atoms with E-state index >= 15 is 0 Å². The summed E-state index contributed by atoms with van der Waals surface area (Å²) >= 11 is 0. The molecule has 0 atom stereocenters. The molecule has 5 nitrogen and oxygen atoms in total. The summed E-state index contributed by atoms with van der Waals surface area (Å²) in [6.07, 6.45) is 4.63. The summed E-state index contributed by atoms with van der Waals surface area (Å²) in [4.78, 5) is 27.3. The van der Waals surface area contributed by atoms with Gasteiger partial charge < -0.3 is 10.2 Å². The molecule has 0 heterocycles. The molecule has 0 aromatic heterocycles. The number of rotatable bonds is 10. The number of nitrogens with one attached hydrogen (secondary N) is 1. The van der Waals surface area contributed by atoms with E-state index in [4.69, 9.17) is 0 Å². The molecule has 5 heteroatoms. The van der Waals surface area contributed by atoms with Crippen LogP contribution in [-0.4, -0.2) is 55.3 Å². The fourth-order valence-corrected chi connectivity index (χ4v) is 2.25. The lowest BCUT2D eigenvalue weighted by molar-refractivity contribution is -0.128. The van der Waals surface area contributed by atoms with Crippen molar-refractivity contribution in [3.05, 3.63) is 55.1 Å². The fraction of sp³-hybridized carbons (Fsp3) is 0.368. The zero-order valence-electron chi connectivity index (χ0n) is 14.6. The summed E-state index contributed by atoms with van der Waals surface area (Å²) in [7, 11) is 3.49. The Morgan fingerprint density at radius 1 is 1.17 bits per heavy atom. The van der Waals surface area contributed by atoms with Crippen LogP contribution in [0.25, 0.3) is 0 Å². The number of carbonyl (C=O) groups is 2. The highest BCUT2D eigenvalue weighted by molar-refractivity contribution is 5.92. The number of anilines is 1. The Morgan fingerprint density at radius 3 is 2.42 bits per heavy atom. The number of aryl methyl sites for hydroxylation is 1. The van der Waals surface area contributed by atoms with Gasteiger partial charge in [0.25, 0.3) is 0 Å². The molecule has 0 aliphatic carbocycles. The van der Waals surface area contributed by atoms with Gasteiger partial charge in [0.1, 0.15) is 0 Å². The highest BCUT2D eigenvalue weighted by atomic mass is 16.2. The van der Waals surface area contributed by atoms with Crippen molar-refractivity contribution in [3.63, 3.8) is 0 Å². The lowest BCUT2D eigenvalue weighted by atomic mass is 10.1. The van der Waals surface area contributed by atoms with Gasteiger partial charge in [-0.3, -0.25) is 14.5 Å². The molecule has 0 unspecified atom stereocenters. The first-order chi connectivity index (χ1) is 11.5. The molecule has 1 aromatic rings. The Labute approximate surface area is 144 Å². The molecule has 1 N–H and O–H groups in total. The highest BCUT2D eigenvalue weighted by Gasteiger charge is 2.09. The van der Waals surface area contributed by atoms with Crippen LogP contribution in [0, 0.1) is 0 Å². The Bertz CT molecular complexity index is 572. The quantitative estimate of drug-likeness (QED) is 0.670. The van der Waals surface area contributed by atoms with Crippen molar-refractivity contribution in [2.24, 2.45) is 0 Å². The van der Waals surface area contributed by atoms with Gasteiger partial charge in [0.05, 0.1) is 6.54 Å². The average molecular weight is 329 g/mol. The molecule has 0 aliphatic heterocycles. The van der Waals surface area contributed by atoms with Gasteiger partial charge in [0.2, 0.25) is 11.8 Å². The minimum atomic E-state index is -0.0831. The maximum atomic E-state index is 12.2. The van der Waals surface area contributed by atoms with Gasteiger partial charge in [-0.15, -0.1) is 13.2 Å². The largest absolute Gasteiger partial charge is 0.349 e. The number of nitrogens with zero attached hydrogens (tertiary/aromatic N) is 2. The van der Waals surface area contributed by atoms with Crippen molar-refractivity contribution >= 4 is 17.5 Å². The molecule has 0 fully saturated rings. The zero-order chi connectivity index (χ0) is 17.9. The van der Waals surface area contributed by atoms with Gasteiger partial charge in [-0.25, -0.2) is 0 Å². The second kappa shape index (κ2) is 10.4. The first-order valence-electron chi connectivity index (χ1n) is 7.99. The third-order valence-electron chi connectivity index (χ3n) is 3.48. The molecule has 2 amide bonds. The van der Waals surface area contributed by atoms with E-state index in [2.05, 4.69) is 18.5 Å². The van der Waals surface area contributed by atoms with Gasteiger partial charge in [-0.05, 0) is 24.1 Å². The lowest BCUT2D eigenvalue weighted by Gasteiger charge is -2.18. The van der Waals surface area contributed by atoms with Gasteiger partial charge in [0.15, 0.2) is 0 Å². The van der Waals surface area contributed by atoms with E-state index in [-0.39, 0.29) is 18.4 Å². The average Bonchev–Trinajstić information content (AvgIpc) is 2.53. The van der Waals surface area contributed by atoms with Crippen molar-refractivity contribution in [1.82, 2.24) is 9.80 Å². The summed E-state index contributed by atoms with van der Waals surface area (Å²) < 4.78 is 0. The lowest BCUT2D eigenvalue weighted by Crippen LogP contribution is -2.33. The van der Waals surface area contributed by atoms with E-state index < -0.39 is 0 Å². The normalized spacial score (nSPS) is 10.3. The molecule has 0 radical (unpaired) electrons. The highest BCUT2D eigenvalue weighted by Crippen LogP contribution is 2.13. The minimum absolute atomic E-state index is 0.0831. The zero-order valence-corrected chi connectivity index (χ0v) is 14.6. The Balaban J connectivity index is 2.59. The van der Waals surface area contributed by atoms with Crippen molar-refractivity contribution in [2.75, 3.05) is 39.0 Å².